The van der Waals surface area contributed by atoms with Gasteiger partial charge in [-0.25, -0.2) is 9.37 Å². The van der Waals surface area contributed by atoms with Crippen molar-refractivity contribution in [2.24, 2.45) is 0 Å². The van der Waals surface area contributed by atoms with Crippen molar-refractivity contribution in [2.45, 2.75) is 57.5 Å². The molecule has 2 bridgehead atoms. The fourth-order valence-electron chi connectivity index (χ4n) is 4.39. The fourth-order valence-corrected chi connectivity index (χ4v) is 4.64. The minimum absolute atomic E-state index is 0.0930. The Kier molecular flexibility index (Phi) is 5.02. The Bertz CT molecular complexity index is 1080. The van der Waals surface area contributed by atoms with E-state index in [1.54, 1.807) is 24.1 Å². The number of nitrogens with one attached hydrogen (secondary N) is 1. The van der Waals surface area contributed by atoms with Gasteiger partial charge in [-0.2, -0.15) is 4.98 Å². The maximum absolute atomic E-state index is 14.7. The van der Waals surface area contributed by atoms with Crippen LogP contribution in [-0.4, -0.2) is 50.3 Å². The van der Waals surface area contributed by atoms with Gasteiger partial charge in [0, 0.05) is 19.5 Å². The predicted octanol–water partition coefficient (Wildman–Crippen LogP) is 4.19. The van der Waals surface area contributed by atoms with E-state index in [9.17, 15) is 4.39 Å². The Labute approximate surface area is 178 Å². The molecule has 1 atom stereocenters. The number of fused-ring (bicyclic) bond motifs is 2. The molecule has 5 rings (SSSR count). The monoisotopic (exact) mass is 434 g/mol. The average molecular weight is 435 g/mol. The van der Waals surface area contributed by atoms with Gasteiger partial charge in [0.25, 0.3) is 5.88 Å². The fraction of sp³-hybridized carbons (Fsp3) is 0.550. The number of hydrogen-bond acceptors (Lipinski definition) is 6. The predicted molar refractivity (Wildman–Crippen MR) is 111 cm³/mol. The first-order valence-electron chi connectivity index (χ1n) is 10.2. The summed E-state index contributed by atoms with van der Waals surface area (Å²) in [6.45, 7) is 1.97. The van der Waals surface area contributed by atoms with Gasteiger partial charge in [-0.15, -0.1) is 5.10 Å². The van der Waals surface area contributed by atoms with Gasteiger partial charge in [0.15, 0.2) is 6.17 Å². The van der Waals surface area contributed by atoms with Gasteiger partial charge in [-0.1, -0.05) is 11.6 Å². The van der Waals surface area contributed by atoms with Crippen LogP contribution in [-0.2, 0) is 11.3 Å². The molecule has 3 aromatic rings. The van der Waals surface area contributed by atoms with E-state index >= 15 is 0 Å². The lowest BCUT2D eigenvalue weighted by Crippen LogP contribution is -2.24. The molecule has 30 heavy (non-hydrogen) atoms. The van der Waals surface area contributed by atoms with E-state index < -0.39 is 6.17 Å². The molecule has 1 aliphatic carbocycles. The summed E-state index contributed by atoms with van der Waals surface area (Å²) in [4.78, 5) is 8.96. The van der Waals surface area contributed by atoms with Crippen molar-refractivity contribution >= 4 is 34.3 Å². The Morgan fingerprint density at radius 3 is 2.87 bits per heavy atom. The first kappa shape index (κ1) is 19.6. The zero-order chi connectivity index (χ0) is 20.8. The normalized spacial score (nSPS) is 24.2. The highest BCUT2D eigenvalue weighted by Crippen LogP contribution is 2.37. The van der Waals surface area contributed by atoms with E-state index in [-0.39, 0.29) is 19.2 Å². The van der Waals surface area contributed by atoms with Gasteiger partial charge in [0.05, 0.1) is 34.8 Å². The number of ether oxygens (including phenoxy) is 2. The van der Waals surface area contributed by atoms with E-state index in [1.807, 2.05) is 11.6 Å². The molecule has 0 radical (unpaired) electrons. The van der Waals surface area contributed by atoms with Crippen molar-refractivity contribution in [3.05, 3.63) is 23.1 Å². The van der Waals surface area contributed by atoms with Crippen LogP contribution in [0.3, 0.4) is 0 Å². The van der Waals surface area contributed by atoms with Gasteiger partial charge in [0.2, 0.25) is 5.95 Å². The van der Waals surface area contributed by atoms with E-state index in [0.717, 1.165) is 31.4 Å². The standard InChI is InChI=1S/C20H24ClFN6O2/c1-11-17-19(26-28(11)13-3-5-14(29-2)6-4-13)30-10-12(22)8-27-9-16(21)15-7-23-20(24-17)25-18(15)27/h7,9,12-14H,3-6,8,10H2,1-2H3,(H,23,24,25)/t12-,13?,14?/m1/s1. The molecular formula is C20H24ClFN6O2. The van der Waals surface area contributed by atoms with Crippen molar-refractivity contribution < 1.29 is 13.9 Å². The first-order valence-corrected chi connectivity index (χ1v) is 10.6. The molecule has 1 saturated carbocycles. The number of anilines is 2. The molecule has 1 N–H and O–H groups in total. The molecule has 10 heteroatoms. The zero-order valence-electron chi connectivity index (χ0n) is 16.9. The van der Waals surface area contributed by atoms with Crippen LogP contribution in [0.15, 0.2) is 12.4 Å². The Hall–Kier alpha value is -2.39. The third kappa shape index (κ3) is 3.39. The molecular weight excluding hydrogens is 411 g/mol. The largest absolute Gasteiger partial charge is 0.472 e. The number of hydrogen-bond donors (Lipinski definition) is 1. The molecule has 4 heterocycles. The summed E-state index contributed by atoms with van der Waals surface area (Å²) >= 11 is 6.27. The smallest absolute Gasteiger partial charge is 0.257 e. The molecule has 1 fully saturated rings. The van der Waals surface area contributed by atoms with Gasteiger partial charge in [0.1, 0.15) is 17.9 Å². The molecule has 160 valence electrons. The van der Waals surface area contributed by atoms with E-state index in [2.05, 4.69) is 20.4 Å². The van der Waals surface area contributed by atoms with Gasteiger partial charge >= 0.3 is 0 Å². The van der Waals surface area contributed by atoms with Crippen LogP contribution in [0.2, 0.25) is 5.02 Å². The third-order valence-electron chi connectivity index (χ3n) is 6.04. The highest BCUT2D eigenvalue weighted by atomic mass is 35.5. The Balaban J connectivity index is 1.53. The van der Waals surface area contributed by atoms with Crippen LogP contribution in [0.1, 0.15) is 37.4 Å². The summed E-state index contributed by atoms with van der Waals surface area (Å²) in [5.41, 5.74) is 2.17. The van der Waals surface area contributed by atoms with Crippen molar-refractivity contribution in [3.63, 3.8) is 0 Å². The number of halogens is 2. The zero-order valence-corrected chi connectivity index (χ0v) is 17.7. The molecule has 2 aliphatic rings. The number of nitrogens with zero attached hydrogens (tertiary/aromatic N) is 5. The van der Waals surface area contributed by atoms with Crippen LogP contribution in [0, 0.1) is 6.92 Å². The third-order valence-corrected chi connectivity index (χ3v) is 6.34. The van der Waals surface area contributed by atoms with Gasteiger partial charge in [-0.05, 0) is 32.6 Å². The lowest BCUT2D eigenvalue weighted by Gasteiger charge is -2.28. The summed E-state index contributed by atoms with van der Waals surface area (Å²) in [6.07, 6.45) is 6.33. The highest BCUT2D eigenvalue weighted by molar-refractivity contribution is 6.35. The molecule has 0 saturated heterocycles. The molecule has 0 amide bonds. The SMILES string of the molecule is COC1CCC(n2nc3c(c2C)Nc2ncc4c(Cl)cn(c4n2)C[C@@H](F)CO3)CC1. The molecule has 3 aromatic heterocycles. The van der Waals surface area contributed by atoms with Crippen LogP contribution in [0.5, 0.6) is 5.88 Å². The summed E-state index contributed by atoms with van der Waals surface area (Å²) in [5.74, 6) is 0.767. The van der Waals surface area contributed by atoms with Crippen LogP contribution < -0.4 is 10.1 Å². The van der Waals surface area contributed by atoms with Gasteiger partial charge in [-0.3, -0.25) is 4.68 Å². The maximum atomic E-state index is 14.7. The van der Waals surface area contributed by atoms with Crippen molar-refractivity contribution in [1.82, 2.24) is 24.3 Å². The molecule has 0 spiro atoms. The lowest BCUT2D eigenvalue weighted by molar-refractivity contribution is 0.0562. The van der Waals surface area contributed by atoms with Gasteiger partial charge < -0.3 is 19.4 Å². The minimum Gasteiger partial charge on any atom is -0.472 e. The summed E-state index contributed by atoms with van der Waals surface area (Å²) in [6, 6.07) is 0.253. The van der Waals surface area contributed by atoms with E-state index in [0.29, 0.717) is 39.7 Å². The molecule has 1 aliphatic heterocycles. The molecule has 8 nitrogen and oxygen atoms in total. The topological polar surface area (TPSA) is 79.0 Å². The molecule has 0 unspecified atom stereocenters. The summed E-state index contributed by atoms with van der Waals surface area (Å²) < 4.78 is 29.7. The quantitative estimate of drug-likeness (QED) is 0.651. The second-order valence-corrected chi connectivity index (χ2v) is 8.38. The number of aromatic nitrogens is 5. The molecule has 0 aromatic carbocycles. The lowest BCUT2D eigenvalue weighted by atomic mass is 9.93. The summed E-state index contributed by atoms with van der Waals surface area (Å²) in [7, 11) is 1.76. The Morgan fingerprint density at radius 1 is 1.30 bits per heavy atom. The highest BCUT2D eigenvalue weighted by Gasteiger charge is 2.28. The Morgan fingerprint density at radius 2 is 2.10 bits per heavy atom. The first-order chi connectivity index (χ1) is 14.5. The van der Waals surface area contributed by atoms with Crippen molar-refractivity contribution in [1.29, 1.82) is 0 Å². The number of rotatable bonds is 2. The van der Waals surface area contributed by atoms with E-state index in [4.69, 9.17) is 21.1 Å². The maximum Gasteiger partial charge on any atom is 0.257 e. The summed E-state index contributed by atoms with van der Waals surface area (Å²) in [5, 5.41) is 9.12. The van der Waals surface area contributed by atoms with Crippen LogP contribution in [0.4, 0.5) is 16.0 Å². The van der Waals surface area contributed by atoms with Crippen molar-refractivity contribution in [3.8, 4) is 5.88 Å². The second-order valence-electron chi connectivity index (χ2n) is 7.97. The van der Waals surface area contributed by atoms with Crippen LogP contribution >= 0.6 is 11.6 Å². The number of alkyl halides is 1. The van der Waals surface area contributed by atoms with Crippen LogP contribution in [0.25, 0.3) is 11.0 Å². The number of methoxy groups -OCH3 is 1. The minimum atomic E-state index is -1.23. The second kappa shape index (κ2) is 7.70. The van der Waals surface area contributed by atoms with E-state index in [1.165, 1.54) is 0 Å². The van der Waals surface area contributed by atoms with Crippen molar-refractivity contribution in [2.75, 3.05) is 19.0 Å². The average Bonchev–Trinajstić information content (AvgIpc) is 3.22.